The van der Waals surface area contributed by atoms with E-state index in [4.69, 9.17) is 0 Å². The van der Waals surface area contributed by atoms with Crippen molar-refractivity contribution in [1.82, 2.24) is 14.7 Å². The molecule has 2 fully saturated rings. The molecular weight excluding hydrogens is 262 g/mol. The third-order valence-electron chi connectivity index (χ3n) is 4.05. The van der Waals surface area contributed by atoms with Crippen molar-refractivity contribution in [3.63, 3.8) is 0 Å². The molecule has 2 saturated heterocycles. The smallest absolute Gasteiger partial charge is 0.255 e. The van der Waals surface area contributed by atoms with Gasteiger partial charge in [-0.2, -0.15) is 16.9 Å². The molecule has 1 N–H and O–H groups in total. The molecule has 2 aliphatic heterocycles. The Bertz CT molecular complexity index is 435. The summed E-state index contributed by atoms with van der Waals surface area (Å²) in [6.07, 6.45) is 6.18. The standard InChI is InChI=1S/C13H19N3O2S/c17-12(13(18)4-9-19-10-13)15-7-2-11(3-8-15)16-6-1-5-14-16/h1,5-6,11,18H,2-4,7-10H2. The molecule has 1 atom stereocenters. The Kier molecular flexibility index (Phi) is 3.54. The lowest BCUT2D eigenvalue weighted by molar-refractivity contribution is -0.150. The largest absolute Gasteiger partial charge is 0.379 e. The van der Waals surface area contributed by atoms with Crippen LogP contribution in [0.1, 0.15) is 25.3 Å². The third-order valence-corrected chi connectivity index (χ3v) is 5.22. The number of amides is 1. The molecule has 5 nitrogen and oxygen atoms in total. The summed E-state index contributed by atoms with van der Waals surface area (Å²) in [5, 5.41) is 14.6. The topological polar surface area (TPSA) is 58.4 Å². The highest BCUT2D eigenvalue weighted by molar-refractivity contribution is 7.99. The molecule has 1 aromatic rings. The molecule has 3 heterocycles. The quantitative estimate of drug-likeness (QED) is 0.875. The molecule has 19 heavy (non-hydrogen) atoms. The molecule has 2 aliphatic rings. The van der Waals surface area contributed by atoms with E-state index >= 15 is 0 Å². The minimum absolute atomic E-state index is 0.0728. The second-order valence-electron chi connectivity index (χ2n) is 5.34. The Morgan fingerprint density at radius 2 is 2.21 bits per heavy atom. The number of carbonyl (C=O) groups excluding carboxylic acids is 1. The molecule has 0 spiro atoms. The predicted molar refractivity (Wildman–Crippen MR) is 74.0 cm³/mol. The van der Waals surface area contributed by atoms with Crippen LogP contribution in [-0.4, -0.2) is 55.9 Å². The highest BCUT2D eigenvalue weighted by Gasteiger charge is 2.42. The highest BCUT2D eigenvalue weighted by Crippen LogP contribution is 2.31. The van der Waals surface area contributed by atoms with Crippen LogP contribution < -0.4 is 0 Å². The lowest BCUT2D eigenvalue weighted by Gasteiger charge is -2.36. The van der Waals surface area contributed by atoms with Crippen LogP contribution in [0.5, 0.6) is 0 Å². The number of rotatable bonds is 2. The first-order valence-corrected chi connectivity index (χ1v) is 7.93. The summed E-state index contributed by atoms with van der Waals surface area (Å²) < 4.78 is 1.97. The number of aromatic nitrogens is 2. The van der Waals surface area contributed by atoms with Gasteiger partial charge in [0.25, 0.3) is 5.91 Å². The zero-order valence-electron chi connectivity index (χ0n) is 10.9. The number of thioether (sulfide) groups is 1. The summed E-state index contributed by atoms with van der Waals surface area (Å²) in [6.45, 7) is 1.44. The molecule has 0 radical (unpaired) electrons. The Hall–Kier alpha value is -1.01. The van der Waals surface area contributed by atoms with Crippen LogP contribution in [0.3, 0.4) is 0 Å². The number of piperidine rings is 1. The van der Waals surface area contributed by atoms with Crippen LogP contribution >= 0.6 is 11.8 Å². The second-order valence-corrected chi connectivity index (χ2v) is 6.45. The van der Waals surface area contributed by atoms with Gasteiger partial charge in [0.15, 0.2) is 5.60 Å². The average Bonchev–Trinajstić information content (AvgIpc) is 3.10. The van der Waals surface area contributed by atoms with Crippen LogP contribution in [0.4, 0.5) is 0 Å². The van der Waals surface area contributed by atoms with E-state index in [1.165, 1.54) is 0 Å². The van der Waals surface area contributed by atoms with Gasteiger partial charge in [-0.25, -0.2) is 0 Å². The summed E-state index contributed by atoms with van der Waals surface area (Å²) in [5.41, 5.74) is -1.11. The maximum Gasteiger partial charge on any atom is 0.255 e. The molecule has 104 valence electrons. The Morgan fingerprint density at radius 3 is 2.79 bits per heavy atom. The molecule has 3 rings (SSSR count). The lowest BCUT2D eigenvalue weighted by Crippen LogP contribution is -2.51. The minimum atomic E-state index is -1.11. The van der Waals surface area contributed by atoms with E-state index in [2.05, 4.69) is 5.10 Å². The fraction of sp³-hybridized carbons (Fsp3) is 0.692. The molecule has 0 saturated carbocycles. The highest BCUT2D eigenvalue weighted by atomic mass is 32.2. The van der Waals surface area contributed by atoms with E-state index in [0.717, 1.165) is 31.7 Å². The third kappa shape index (κ3) is 2.51. The molecule has 6 heteroatoms. The lowest BCUT2D eigenvalue weighted by atomic mass is 9.98. The van der Waals surface area contributed by atoms with Gasteiger partial charge in [0.2, 0.25) is 0 Å². The summed E-state index contributed by atoms with van der Waals surface area (Å²) in [4.78, 5) is 14.2. The van der Waals surface area contributed by atoms with Crippen LogP contribution in [0, 0.1) is 0 Å². The Labute approximate surface area is 117 Å². The first kappa shape index (κ1) is 13.0. The summed E-state index contributed by atoms with van der Waals surface area (Å²) in [7, 11) is 0. The van der Waals surface area contributed by atoms with E-state index < -0.39 is 5.60 Å². The van der Waals surface area contributed by atoms with Crippen molar-refractivity contribution in [2.45, 2.75) is 30.9 Å². The van der Waals surface area contributed by atoms with Gasteiger partial charge in [-0.15, -0.1) is 0 Å². The van der Waals surface area contributed by atoms with Crippen molar-refractivity contribution in [2.24, 2.45) is 0 Å². The predicted octanol–water partition coefficient (Wildman–Crippen LogP) is 0.915. The van der Waals surface area contributed by atoms with Gasteiger partial charge in [0, 0.05) is 31.2 Å². The van der Waals surface area contributed by atoms with Crippen LogP contribution in [0.25, 0.3) is 0 Å². The fourth-order valence-electron chi connectivity index (χ4n) is 2.85. The normalized spacial score (nSPS) is 28.8. The first-order valence-electron chi connectivity index (χ1n) is 6.78. The number of nitrogens with zero attached hydrogens (tertiary/aromatic N) is 3. The van der Waals surface area contributed by atoms with Gasteiger partial charge >= 0.3 is 0 Å². The number of carbonyl (C=O) groups is 1. The van der Waals surface area contributed by atoms with Gasteiger partial charge in [0.1, 0.15) is 0 Å². The molecule has 1 aromatic heterocycles. The van der Waals surface area contributed by atoms with Gasteiger partial charge in [-0.05, 0) is 31.1 Å². The van der Waals surface area contributed by atoms with Crippen molar-refractivity contribution in [2.75, 3.05) is 24.6 Å². The monoisotopic (exact) mass is 281 g/mol. The molecule has 1 amide bonds. The molecular formula is C13H19N3O2S. The van der Waals surface area contributed by atoms with E-state index in [-0.39, 0.29) is 5.91 Å². The van der Waals surface area contributed by atoms with Gasteiger partial charge in [-0.3, -0.25) is 9.48 Å². The van der Waals surface area contributed by atoms with Crippen LogP contribution in [0.15, 0.2) is 18.5 Å². The summed E-state index contributed by atoms with van der Waals surface area (Å²) >= 11 is 1.66. The zero-order valence-corrected chi connectivity index (χ0v) is 11.7. The second kappa shape index (κ2) is 5.17. The summed E-state index contributed by atoms with van der Waals surface area (Å²) in [5.74, 6) is 1.35. The number of likely N-dealkylation sites (tertiary alicyclic amines) is 1. The SMILES string of the molecule is O=C(N1CCC(n2cccn2)CC1)C1(O)CCSC1. The van der Waals surface area contributed by atoms with Crippen LogP contribution in [0.2, 0.25) is 0 Å². The Balaban J connectivity index is 1.59. The van der Waals surface area contributed by atoms with Gasteiger partial charge < -0.3 is 10.0 Å². The van der Waals surface area contributed by atoms with E-state index in [1.54, 1.807) is 18.0 Å². The van der Waals surface area contributed by atoms with E-state index in [1.807, 2.05) is 21.8 Å². The summed E-state index contributed by atoms with van der Waals surface area (Å²) in [6, 6.07) is 2.31. The Morgan fingerprint density at radius 1 is 1.42 bits per heavy atom. The van der Waals surface area contributed by atoms with E-state index in [0.29, 0.717) is 18.2 Å². The van der Waals surface area contributed by atoms with Gasteiger partial charge in [-0.1, -0.05) is 0 Å². The van der Waals surface area contributed by atoms with Crippen molar-refractivity contribution in [3.05, 3.63) is 18.5 Å². The van der Waals surface area contributed by atoms with Crippen molar-refractivity contribution in [3.8, 4) is 0 Å². The maximum atomic E-state index is 12.4. The molecule has 0 aliphatic carbocycles. The zero-order chi connectivity index (χ0) is 13.3. The van der Waals surface area contributed by atoms with Crippen molar-refractivity contribution >= 4 is 17.7 Å². The maximum absolute atomic E-state index is 12.4. The fourth-order valence-corrected chi connectivity index (χ4v) is 4.08. The molecule has 0 bridgehead atoms. The molecule has 0 aromatic carbocycles. The average molecular weight is 281 g/mol. The van der Waals surface area contributed by atoms with Crippen LogP contribution in [-0.2, 0) is 4.79 Å². The molecule has 1 unspecified atom stereocenters. The number of hydrogen-bond donors (Lipinski definition) is 1. The minimum Gasteiger partial charge on any atom is -0.379 e. The first-order chi connectivity index (χ1) is 9.19. The number of aliphatic hydroxyl groups is 1. The number of hydrogen-bond acceptors (Lipinski definition) is 4. The van der Waals surface area contributed by atoms with E-state index in [9.17, 15) is 9.90 Å². The van der Waals surface area contributed by atoms with Crippen molar-refractivity contribution in [1.29, 1.82) is 0 Å². The van der Waals surface area contributed by atoms with Crippen molar-refractivity contribution < 1.29 is 9.90 Å². The van der Waals surface area contributed by atoms with Gasteiger partial charge in [0.05, 0.1) is 6.04 Å².